The van der Waals surface area contributed by atoms with E-state index in [0.717, 1.165) is 11.1 Å². The second kappa shape index (κ2) is 13.7. The smallest absolute Gasteiger partial charge is 0.247 e. The van der Waals surface area contributed by atoms with Gasteiger partial charge < -0.3 is 39.4 Å². The van der Waals surface area contributed by atoms with Crippen LogP contribution in [-0.2, 0) is 16.0 Å². The Morgan fingerprint density at radius 2 is 1.81 bits per heavy atom. The van der Waals surface area contributed by atoms with Crippen molar-refractivity contribution >= 4 is 18.1 Å². The third-order valence-electron chi connectivity index (χ3n) is 7.58. The Labute approximate surface area is 250 Å². The van der Waals surface area contributed by atoms with Crippen LogP contribution in [0.15, 0.2) is 53.6 Å². The van der Waals surface area contributed by atoms with Crippen molar-refractivity contribution in [1.29, 1.82) is 0 Å². The number of hydrogen-bond donors (Lipinski definition) is 3. The number of nitrogens with zero attached hydrogens (tertiary/aromatic N) is 1. The highest BCUT2D eigenvalue weighted by atomic mass is 16.5. The SMILES string of the molecule is COc1ccc(OC)c(CCN(C(=O)C=C(C)C)C2C=C(C(=O)NCCO)C3c4cc(C=O)cc(OC)c4OC3C2O)c1. The number of aldehydes is 1. The average molecular weight is 595 g/mol. The summed E-state index contributed by atoms with van der Waals surface area (Å²) in [4.78, 5) is 40.4. The van der Waals surface area contributed by atoms with Crippen molar-refractivity contribution in [3.05, 3.63) is 70.3 Å². The number of fused-ring (bicyclic) bond motifs is 3. The number of ether oxygens (including phenoxy) is 4. The predicted molar refractivity (Wildman–Crippen MR) is 158 cm³/mol. The maximum atomic E-state index is 13.7. The van der Waals surface area contributed by atoms with Gasteiger partial charge in [0, 0.05) is 35.9 Å². The fourth-order valence-electron chi connectivity index (χ4n) is 5.61. The summed E-state index contributed by atoms with van der Waals surface area (Å²) >= 11 is 0. The first-order valence-corrected chi connectivity index (χ1v) is 14.0. The van der Waals surface area contributed by atoms with Crippen LogP contribution in [0.25, 0.3) is 0 Å². The van der Waals surface area contributed by atoms with E-state index in [1.165, 1.54) is 24.2 Å². The number of carbonyl (C=O) groups excluding carboxylic acids is 3. The zero-order valence-corrected chi connectivity index (χ0v) is 25.0. The van der Waals surface area contributed by atoms with Crippen LogP contribution in [0.2, 0.25) is 0 Å². The van der Waals surface area contributed by atoms with E-state index in [2.05, 4.69) is 5.32 Å². The molecule has 4 atom stereocenters. The van der Waals surface area contributed by atoms with E-state index < -0.39 is 30.1 Å². The number of allylic oxidation sites excluding steroid dienone is 1. The van der Waals surface area contributed by atoms with Crippen LogP contribution < -0.4 is 24.3 Å². The van der Waals surface area contributed by atoms with Gasteiger partial charge in [0.1, 0.15) is 30.0 Å². The van der Waals surface area contributed by atoms with Gasteiger partial charge in [-0.25, -0.2) is 0 Å². The summed E-state index contributed by atoms with van der Waals surface area (Å²) in [5.74, 6) is 0.244. The van der Waals surface area contributed by atoms with E-state index in [9.17, 15) is 24.6 Å². The van der Waals surface area contributed by atoms with Crippen molar-refractivity contribution in [2.75, 3.05) is 41.0 Å². The van der Waals surface area contributed by atoms with Gasteiger partial charge in [0.2, 0.25) is 11.8 Å². The number of aliphatic hydroxyl groups excluding tert-OH is 2. The van der Waals surface area contributed by atoms with E-state index in [4.69, 9.17) is 18.9 Å². The van der Waals surface area contributed by atoms with E-state index >= 15 is 0 Å². The molecule has 0 radical (unpaired) electrons. The van der Waals surface area contributed by atoms with Gasteiger partial charge in [-0.05, 0) is 62.2 Å². The molecule has 4 rings (SSSR count). The largest absolute Gasteiger partial charge is 0.497 e. The van der Waals surface area contributed by atoms with Gasteiger partial charge in [-0.15, -0.1) is 0 Å². The summed E-state index contributed by atoms with van der Waals surface area (Å²) in [5, 5.41) is 23.8. The first kappa shape index (κ1) is 31.6. The van der Waals surface area contributed by atoms with Gasteiger partial charge >= 0.3 is 0 Å². The summed E-state index contributed by atoms with van der Waals surface area (Å²) in [6.45, 7) is 3.49. The Hall–Kier alpha value is -4.35. The second-order valence-corrected chi connectivity index (χ2v) is 10.6. The molecule has 4 unspecified atom stereocenters. The van der Waals surface area contributed by atoms with Gasteiger partial charge in [-0.3, -0.25) is 14.4 Å². The number of nitrogens with one attached hydrogen (secondary N) is 1. The molecule has 43 heavy (non-hydrogen) atoms. The summed E-state index contributed by atoms with van der Waals surface area (Å²) in [5.41, 5.74) is 2.63. The molecule has 0 fully saturated rings. The molecule has 2 aromatic carbocycles. The normalized spacial score (nSPS) is 20.0. The summed E-state index contributed by atoms with van der Waals surface area (Å²) in [6.07, 6.45) is 1.86. The highest BCUT2D eigenvalue weighted by molar-refractivity contribution is 5.97. The molecule has 2 aromatic rings. The van der Waals surface area contributed by atoms with Crippen LogP contribution in [-0.4, -0.2) is 92.5 Å². The van der Waals surface area contributed by atoms with Crippen molar-refractivity contribution in [3.63, 3.8) is 0 Å². The molecular weight excluding hydrogens is 556 g/mol. The summed E-state index contributed by atoms with van der Waals surface area (Å²) < 4.78 is 22.6. The fourth-order valence-corrected chi connectivity index (χ4v) is 5.61. The van der Waals surface area contributed by atoms with Crippen LogP contribution in [0.4, 0.5) is 0 Å². The number of carbonyl (C=O) groups is 3. The molecule has 3 N–H and O–H groups in total. The lowest BCUT2D eigenvalue weighted by molar-refractivity contribution is -0.132. The molecule has 11 nitrogen and oxygen atoms in total. The van der Waals surface area contributed by atoms with E-state index in [-0.39, 0.29) is 36.9 Å². The number of benzene rings is 2. The molecule has 1 aliphatic heterocycles. The first-order valence-electron chi connectivity index (χ1n) is 14.0. The lowest BCUT2D eigenvalue weighted by Crippen LogP contribution is -2.56. The molecule has 1 heterocycles. The molecule has 11 heteroatoms. The van der Waals surface area contributed by atoms with Gasteiger partial charge in [0.05, 0.1) is 39.9 Å². The number of methoxy groups -OCH3 is 3. The molecule has 0 spiro atoms. The van der Waals surface area contributed by atoms with Crippen molar-refractivity contribution < 1.29 is 43.5 Å². The topological polar surface area (TPSA) is 144 Å². The van der Waals surface area contributed by atoms with Gasteiger partial charge in [-0.2, -0.15) is 0 Å². The Morgan fingerprint density at radius 1 is 1.07 bits per heavy atom. The molecule has 0 saturated heterocycles. The van der Waals surface area contributed by atoms with Gasteiger partial charge in [-0.1, -0.05) is 5.57 Å². The van der Waals surface area contributed by atoms with Crippen LogP contribution >= 0.6 is 0 Å². The van der Waals surface area contributed by atoms with Crippen molar-refractivity contribution in [1.82, 2.24) is 10.2 Å². The highest BCUT2D eigenvalue weighted by Crippen LogP contribution is 2.51. The molecule has 0 aromatic heterocycles. The number of aliphatic hydroxyl groups is 2. The van der Waals surface area contributed by atoms with Gasteiger partial charge in [0.15, 0.2) is 11.5 Å². The molecule has 1 aliphatic carbocycles. The Kier molecular flexibility index (Phi) is 10.1. The standard InChI is InChI=1S/C32H38N2O9/c1-18(2)12-27(37)34(10-8-20-15-21(40-3)6-7-25(20)41-4)24-16-23(32(39)33-9-11-35)28-22-13-19(17-36)14-26(42-5)30(22)43-31(28)29(24)38/h6-7,12-17,24,28-29,31,35,38H,8-11H2,1-5H3,(H,33,39). The van der Waals surface area contributed by atoms with Crippen molar-refractivity contribution in [3.8, 4) is 23.0 Å². The molecule has 0 saturated carbocycles. The molecule has 2 aliphatic rings. The lowest BCUT2D eigenvalue weighted by Gasteiger charge is -2.40. The minimum Gasteiger partial charge on any atom is -0.497 e. The van der Waals surface area contributed by atoms with Gasteiger partial charge in [0.25, 0.3) is 0 Å². The van der Waals surface area contributed by atoms with E-state index in [0.29, 0.717) is 41.1 Å². The Morgan fingerprint density at radius 3 is 2.44 bits per heavy atom. The van der Waals surface area contributed by atoms with Crippen LogP contribution in [0, 0.1) is 0 Å². The van der Waals surface area contributed by atoms with E-state index in [1.54, 1.807) is 52.3 Å². The minimum absolute atomic E-state index is 0.00222. The van der Waals surface area contributed by atoms with E-state index in [1.807, 2.05) is 6.07 Å². The Bertz CT molecular complexity index is 1430. The maximum Gasteiger partial charge on any atom is 0.247 e. The predicted octanol–water partition coefficient (Wildman–Crippen LogP) is 2.18. The molecule has 2 amide bonds. The maximum absolute atomic E-state index is 13.7. The summed E-state index contributed by atoms with van der Waals surface area (Å²) in [7, 11) is 4.56. The third-order valence-corrected chi connectivity index (χ3v) is 7.58. The Balaban J connectivity index is 1.80. The number of rotatable bonds is 12. The van der Waals surface area contributed by atoms with Crippen molar-refractivity contribution in [2.45, 2.75) is 44.4 Å². The highest BCUT2D eigenvalue weighted by Gasteiger charge is 2.51. The van der Waals surface area contributed by atoms with Crippen LogP contribution in [0.3, 0.4) is 0 Å². The van der Waals surface area contributed by atoms with Crippen molar-refractivity contribution in [2.24, 2.45) is 0 Å². The minimum atomic E-state index is -1.25. The zero-order valence-electron chi connectivity index (χ0n) is 25.0. The lowest BCUT2D eigenvalue weighted by atomic mass is 9.77. The molecular formula is C32H38N2O9. The fraction of sp³-hybridized carbons (Fsp3) is 0.406. The van der Waals surface area contributed by atoms with Crippen LogP contribution in [0.5, 0.6) is 23.0 Å². The second-order valence-electron chi connectivity index (χ2n) is 10.6. The molecule has 0 bridgehead atoms. The molecule has 230 valence electrons. The monoisotopic (exact) mass is 594 g/mol. The quantitative estimate of drug-likeness (QED) is 0.249. The third kappa shape index (κ3) is 6.52. The zero-order chi connectivity index (χ0) is 31.3. The average Bonchev–Trinajstić information content (AvgIpc) is 3.39. The van der Waals surface area contributed by atoms with Crippen LogP contribution in [0.1, 0.15) is 41.3 Å². The first-order chi connectivity index (χ1) is 20.7. The summed E-state index contributed by atoms with van der Waals surface area (Å²) in [6, 6.07) is 7.56. The number of hydrogen-bond acceptors (Lipinski definition) is 9. The number of amides is 2.